The molecule has 0 saturated carbocycles. The zero-order valence-electron chi connectivity index (χ0n) is 10.2. The van der Waals surface area contributed by atoms with Gasteiger partial charge in [0.2, 0.25) is 0 Å². The minimum absolute atomic E-state index is 0.00890. The van der Waals surface area contributed by atoms with Gasteiger partial charge in [0.05, 0.1) is 25.2 Å². The molecule has 1 aliphatic heterocycles. The highest BCUT2D eigenvalue weighted by atomic mass is 16.7. The van der Waals surface area contributed by atoms with Crippen molar-refractivity contribution in [3.05, 3.63) is 17.7 Å². The van der Waals surface area contributed by atoms with E-state index in [1.807, 2.05) is 6.33 Å². The van der Waals surface area contributed by atoms with Crippen molar-refractivity contribution in [3.8, 4) is 0 Å². The van der Waals surface area contributed by atoms with E-state index >= 15 is 0 Å². The first-order valence-corrected chi connectivity index (χ1v) is 6.69. The first kappa shape index (κ1) is 11.2. The van der Waals surface area contributed by atoms with Crippen LogP contribution in [0.1, 0.15) is 37.1 Å². The van der Waals surface area contributed by atoms with E-state index in [4.69, 9.17) is 9.47 Å². The van der Waals surface area contributed by atoms with Gasteiger partial charge in [-0.2, -0.15) is 0 Å². The lowest BCUT2D eigenvalue weighted by Gasteiger charge is -2.23. The maximum atomic E-state index is 5.56. The Hall–Kier alpha value is -0.870. The summed E-state index contributed by atoms with van der Waals surface area (Å²) in [5, 5.41) is 0. The Morgan fingerprint density at radius 3 is 2.88 bits per heavy atom. The molecule has 1 saturated heterocycles. The summed E-state index contributed by atoms with van der Waals surface area (Å²) in [4.78, 5) is 4.50. The molecule has 0 N–H and O–H groups in total. The first-order chi connectivity index (χ1) is 8.43. The van der Waals surface area contributed by atoms with E-state index in [0.717, 1.165) is 39.0 Å². The molecular formula is C13H20N2O2. The summed E-state index contributed by atoms with van der Waals surface area (Å²) < 4.78 is 13.4. The van der Waals surface area contributed by atoms with Crippen LogP contribution in [-0.4, -0.2) is 29.1 Å². The highest BCUT2D eigenvalue weighted by molar-refractivity contribution is 5.16. The molecule has 3 rings (SSSR count). The van der Waals surface area contributed by atoms with Crippen LogP contribution in [0.2, 0.25) is 0 Å². The van der Waals surface area contributed by atoms with Gasteiger partial charge in [0.1, 0.15) is 0 Å². The van der Waals surface area contributed by atoms with Crippen LogP contribution < -0.4 is 0 Å². The van der Waals surface area contributed by atoms with Gasteiger partial charge >= 0.3 is 0 Å². The average Bonchev–Trinajstić information content (AvgIpc) is 2.81. The average molecular weight is 236 g/mol. The molecule has 4 heteroatoms. The fourth-order valence-electron chi connectivity index (χ4n) is 2.67. The standard InChI is InChI=1S/C13H20N2O2/c1-2-5-12-11(4-1)14-10-15(12)7-6-13-16-8-3-9-17-13/h10,13H,1-9H2. The lowest BCUT2D eigenvalue weighted by molar-refractivity contribution is -0.182. The van der Waals surface area contributed by atoms with Crippen molar-refractivity contribution in [1.29, 1.82) is 0 Å². The molecule has 1 aromatic rings. The van der Waals surface area contributed by atoms with Crippen LogP contribution in [0.5, 0.6) is 0 Å². The van der Waals surface area contributed by atoms with Gasteiger partial charge in [-0.05, 0) is 32.1 Å². The van der Waals surface area contributed by atoms with Gasteiger partial charge in [0, 0.05) is 18.7 Å². The van der Waals surface area contributed by atoms with Crippen LogP contribution in [0.4, 0.5) is 0 Å². The predicted molar refractivity (Wildman–Crippen MR) is 63.8 cm³/mol. The van der Waals surface area contributed by atoms with Crippen molar-refractivity contribution >= 4 is 0 Å². The van der Waals surface area contributed by atoms with Crippen molar-refractivity contribution in [2.75, 3.05) is 13.2 Å². The van der Waals surface area contributed by atoms with Crippen LogP contribution in [-0.2, 0) is 28.9 Å². The SMILES string of the molecule is c1nc2c(n1CCC1OCCCO1)CCCC2. The van der Waals surface area contributed by atoms with Gasteiger partial charge in [-0.25, -0.2) is 4.98 Å². The molecule has 2 heterocycles. The zero-order valence-corrected chi connectivity index (χ0v) is 10.2. The number of imidazole rings is 1. The zero-order chi connectivity index (χ0) is 11.5. The summed E-state index contributed by atoms with van der Waals surface area (Å²) in [7, 11) is 0. The van der Waals surface area contributed by atoms with Gasteiger partial charge in [-0.15, -0.1) is 0 Å². The second kappa shape index (κ2) is 5.19. The molecule has 1 fully saturated rings. The monoisotopic (exact) mass is 236 g/mol. The summed E-state index contributed by atoms with van der Waals surface area (Å²) in [6.45, 7) is 2.65. The Morgan fingerprint density at radius 2 is 2.00 bits per heavy atom. The van der Waals surface area contributed by atoms with Crippen molar-refractivity contribution in [3.63, 3.8) is 0 Å². The van der Waals surface area contributed by atoms with Crippen LogP contribution >= 0.6 is 0 Å². The molecule has 4 nitrogen and oxygen atoms in total. The quantitative estimate of drug-likeness (QED) is 0.804. The van der Waals surface area contributed by atoms with E-state index in [0.29, 0.717) is 0 Å². The minimum atomic E-state index is -0.00890. The summed E-state index contributed by atoms with van der Waals surface area (Å²) in [6, 6.07) is 0. The lowest BCUT2D eigenvalue weighted by atomic mass is 10.0. The molecule has 1 aliphatic carbocycles. The van der Waals surface area contributed by atoms with Gasteiger partial charge in [-0.1, -0.05) is 0 Å². The van der Waals surface area contributed by atoms with Crippen LogP contribution in [0.25, 0.3) is 0 Å². The Morgan fingerprint density at radius 1 is 1.18 bits per heavy atom. The number of aryl methyl sites for hydroxylation is 2. The molecule has 0 radical (unpaired) electrons. The van der Waals surface area contributed by atoms with Crippen molar-refractivity contribution < 1.29 is 9.47 Å². The smallest absolute Gasteiger partial charge is 0.159 e. The highest BCUT2D eigenvalue weighted by Crippen LogP contribution is 2.20. The van der Waals surface area contributed by atoms with E-state index in [1.54, 1.807) is 0 Å². The Kier molecular flexibility index (Phi) is 3.43. The van der Waals surface area contributed by atoms with E-state index in [2.05, 4.69) is 9.55 Å². The van der Waals surface area contributed by atoms with Crippen LogP contribution in [0.15, 0.2) is 6.33 Å². The molecule has 17 heavy (non-hydrogen) atoms. The maximum Gasteiger partial charge on any atom is 0.159 e. The van der Waals surface area contributed by atoms with Crippen molar-refractivity contribution in [2.45, 2.75) is 51.4 Å². The molecule has 0 unspecified atom stereocenters. The Labute approximate surface area is 102 Å². The Bertz CT molecular complexity index is 369. The number of hydrogen-bond donors (Lipinski definition) is 0. The topological polar surface area (TPSA) is 36.3 Å². The second-order valence-electron chi connectivity index (χ2n) is 4.85. The number of ether oxygens (including phenoxy) is 2. The number of nitrogens with zero attached hydrogens (tertiary/aromatic N) is 2. The largest absolute Gasteiger partial charge is 0.353 e. The van der Waals surface area contributed by atoms with E-state index < -0.39 is 0 Å². The molecule has 2 aliphatic rings. The van der Waals surface area contributed by atoms with E-state index in [9.17, 15) is 0 Å². The summed E-state index contributed by atoms with van der Waals surface area (Å²) in [6.07, 6.45) is 8.86. The summed E-state index contributed by atoms with van der Waals surface area (Å²) >= 11 is 0. The minimum Gasteiger partial charge on any atom is -0.353 e. The number of fused-ring (bicyclic) bond motifs is 1. The molecule has 0 spiro atoms. The normalized spacial score (nSPS) is 21.4. The second-order valence-corrected chi connectivity index (χ2v) is 4.85. The highest BCUT2D eigenvalue weighted by Gasteiger charge is 2.17. The number of hydrogen-bond acceptors (Lipinski definition) is 3. The Balaban J connectivity index is 1.59. The van der Waals surface area contributed by atoms with Gasteiger partial charge in [-0.3, -0.25) is 0 Å². The summed E-state index contributed by atoms with van der Waals surface area (Å²) in [5.41, 5.74) is 2.74. The fourth-order valence-corrected chi connectivity index (χ4v) is 2.67. The molecule has 0 atom stereocenters. The molecule has 0 aromatic carbocycles. The molecule has 1 aromatic heterocycles. The van der Waals surface area contributed by atoms with E-state index in [1.165, 1.54) is 30.7 Å². The fraction of sp³-hybridized carbons (Fsp3) is 0.769. The van der Waals surface area contributed by atoms with Crippen LogP contribution in [0.3, 0.4) is 0 Å². The summed E-state index contributed by atoms with van der Waals surface area (Å²) in [5.74, 6) is 0. The molecule has 0 bridgehead atoms. The van der Waals surface area contributed by atoms with Gasteiger partial charge in [0.25, 0.3) is 0 Å². The number of rotatable bonds is 3. The lowest BCUT2D eigenvalue weighted by Crippen LogP contribution is -2.26. The molecular weight excluding hydrogens is 216 g/mol. The predicted octanol–water partition coefficient (Wildman–Crippen LogP) is 1.91. The van der Waals surface area contributed by atoms with Gasteiger partial charge in [0.15, 0.2) is 6.29 Å². The van der Waals surface area contributed by atoms with Crippen molar-refractivity contribution in [2.24, 2.45) is 0 Å². The number of aromatic nitrogens is 2. The van der Waals surface area contributed by atoms with E-state index in [-0.39, 0.29) is 6.29 Å². The molecule has 94 valence electrons. The van der Waals surface area contributed by atoms with Crippen LogP contribution in [0, 0.1) is 0 Å². The van der Waals surface area contributed by atoms with Gasteiger partial charge < -0.3 is 14.0 Å². The molecule has 0 amide bonds. The third kappa shape index (κ3) is 2.53. The van der Waals surface area contributed by atoms with Crippen molar-refractivity contribution in [1.82, 2.24) is 9.55 Å². The third-order valence-electron chi connectivity index (χ3n) is 3.61. The third-order valence-corrected chi connectivity index (χ3v) is 3.61. The maximum absolute atomic E-state index is 5.56. The first-order valence-electron chi connectivity index (χ1n) is 6.69.